The van der Waals surface area contributed by atoms with Crippen molar-refractivity contribution in [2.45, 2.75) is 13.0 Å². The number of methoxy groups -OCH3 is 1. The van der Waals surface area contributed by atoms with Crippen LogP contribution in [0.25, 0.3) is 0 Å². The molecule has 0 aliphatic heterocycles. The van der Waals surface area contributed by atoms with E-state index in [-0.39, 0.29) is 11.5 Å². The third kappa shape index (κ3) is 4.18. The number of ether oxygens (including phenoxy) is 1. The molecular weight excluding hydrogens is 310 g/mol. The first-order valence-corrected chi connectivity index (χ1v) is 7.31. The minimum atomic E-state index is -3.50. The summed E-state index contributed by atoms with van der Waals surface area (Å²) >= 11 is 3.11. The molecule has 5 nitrogen and oxygen atoms in total. The minimum absolute atomic E-state index is 0.0232. The molecule has 0 bridgehead atoms. The number of hydrogen-bond donors (Lipinski definition) is 2. The largest absolute Gasteiger partial charge is 0.507 e. The fourth-order valence-corrected chi connectivity index (χ4v) is 3.02. The van der Waals surface area contributed by atoms with Crippen molar-refractivity contribution in [2.75, 3.05) is 17.6 Å². The summed E-state index contributed by atoms with van der Waals surface area (Å²) in [5.41, 5.74) is 0.299. The van der Waals surface area contributed by atoms with E-state index in [1.165, 1.54) is 13.2 Å². The van der Waals surface area contributed by atoms with Crippen molar-refractivity contribution in [2.24, 2.45) is 0 Å². The van der Waals surface area contributed by atoms with Crippen LogP contribution < -0.4 is 4.72 Å². The molecule has 0 aromatic heterocycles. The van der Waals surface area contributed by atoms with Crippen LogP contribution in [0, 0.1) is 0 Å². The fourth-order valence-electron chi connectivity index (χ4n) is 1.18. The van der Waals surface area contributed by atoms with Gasteiger partial charge in [0.05, 0.1) is 22.0 Å². The third-order valence-corrected chi connectivity index (χ3v) is 4.37. The van der Waals surface area contributed by atoms with Gasteiger partial charge in [0.25, 0.3) is 0 Å². The standard InChI is InChI=1S/C10H14BrNO4S/c1-7(16-2)6-17(14,15)12-8-4-3-5-9(13)10(8)11/h3-5,7,12-13H,6H2,1-2H3/t7-/m1/s1. The first kappa shape index (κ1) is 14.3. The van der Waals surface area contributed by atoms with Gasteiger partial charge in [-0.3, -0.25) is 4.72 Å². The number of rotatable bonds is 5. The van der Waals surface area contributed by atoms with Gasteiger partial charge in [0.15, 0.2) is 0 Å². The molecule has 2 N–H and O–H groups in total. The summed E-state index contributed by atoms with van der Waals surface area (Å²) in [4.78, 5) is 0. The molecule has 0 saturated carbocycles. The van der Waals surface area contributed by atoms with Crippen molar-refractivity contribution in [1.29, 1.82) is 0 Å². The molecule has 0 aliphatic carbocycles. The average Bonchev–Trinajstić information content (AvgIpc) is 2.23. The summed E-state index contributed by atoms with van der Waals surface area (Å²) in [7, 11) is -2.05. The third-order valence-electron chi connectivity index (χ3n) is 2.10. The molecule has 0 amide bonds. The monoisotopic (exact) mass is 323 g/mol. The normalized spacial score (nSPS) is 13.4. The molecule has 0 aliphatic rings. The van der Waals surface area contributed by atoms with E-state index in [4.69, 9.17) is 4.74 Å². The second-order valence-electron chi connectivity index (χ2n) is 3.57. The number of hydrogen-bond acceptors (Lipinski definition) is 4. The maximum atomic E-state index is 11.7. The Hall–Kier alpha value is -0.790. The number of nitrogens with one attached hydrogen (secondary N) is 1. The van der Waals surface area contributed by atoms with E-state index in [1.807, 2.05) is 0 Å². The zero-order valence-corrected chi connectivity index (χ0v) is 11.9. The van der Waals surface area contributed by atoms with E-state index < -0.39 is 16.1 Å². The molecule has 1 aromatic rings. The molecular formula is C10H14BrNO4S. The first-order chi connectivity index (χ1) is 7.85. The van der Waals surface area contributed by atoms with Gasteiger partial charge in [-0.05, 0) is 35.0 Å². The predicted molar refractivity (Wildman–Crippen MR) is 69.7 cm³/mol. The van der Waals surface area contributed by atoms with Crippen LogP contribution >= 0.6 is 15.9 Å². The van der Waals surface area contributed by atoms with E-state index in [0.29, 0.717) is 10.2 Å². The number of sulfonamides is 1. The van der Waals surface area contributed by atoms with Crippen molar-refractivity contribution in [3.05, 3.63) is 22.7 Å². The second-order valence-corrected chi connectivity index (χ2v) is 6.13. The van der Waals surface area contributed by atoms with Crippen molar-refractivity contribution >= 4 is 31.6 Å². The van der Waals surface area contributed by atoms with Crippen LogP contribution in [-0.4, -0.2) is 32.5 Å². The van der Waals surface area contributed by atoms with Crippen LogP contribution in [0.1, 0.15) is 6.92 Å². The Labute approximate surface area is 109 Å². The first-order valence-electron chi connectivity index (χ1n) is 4.86. The van der Waals surface area contributed by atoms with Gasteiger partial charge in [0, 0.05) is 7.11 Å². The highest BCUT2D eigenvalue weighted by Gasteiger charge is 2.17. The summed E-state index contributed by atoms with van der Waals surface area (Å²) in [5, 5.41) is 9.42. The molecule has 96 valence electrons. The number of aromatic hydroxyl groups is 1. The maximum Gasteiger partial charge on any atom is 0.235 e. The fraction of sp³-hybridized carbons (Fsp3) is 0.400. The summed E-state index contributed by atoms with van der Waals surface area (Å²) in [6.45, 7) is 1.66. The predicted octanol–water partition coefficient (Wildman–Crippen LogP) is 1.93. The Morgan fingerprint density at radius 2 is 2.18 bits per heavy atom. The van der Waals surface area contributed by atoms with E-state index in [9.17, 15) is 13.5 Å². The Balaban J connectivity index is 2.87. The maximum absolute atomic E-state index is 11.7. The molecule has 0 fully saturated rings. The molecule has 0 spiro atoms. The summed E-state index contributed by atoms with van der Waals surface area (Å²) in [6.07, 6.45) is -0.399. The summed E-state index contributed by atoms with van der Waals surface area (Å²) in [5.74, 6) is -0.170. The zero-order chi connectivity index (χ0) is 13.1. The van der Waals surface area contributed by atoms with Gasteiger partial charge in [0.1, 0.15) is 5.75 Å². The van der Waals surface area contributed by atoms with Crippen LogP contribution in [0.2, 0.25) is 0 Å². The highest BCUT2D eigenvalue weighted by atomic mass is 79.9. The van der Waals surface area contributed by atoms with E-state index in [0.717, 1.165) is 0 Å². The molecule has 0 heterocycles. The van der Waals surface area contributed by atoms with Crippen LogP contribution in [-0.2, 0) is 14.8 Å². The molecule has 0 unspecified atom stereocenters. The van der Waals surface area contributed by atoms with Crippen LogP contribution in [0.15, 0.2) is 22.7 Å². The van der Waals surface area contributed by atoms with E-state index in [1.54, 1.807) is 19.1 Å². The Kier molecular flexibility index (Phi) is 4.79. The highest BCUT2D eigenvalue weighted by Crippen LogP contribution is 2.31. The lowest BCUT2D eigenvalue weighted by Gasteiger charge is -2.13. The van der Waals surface area contributed by atoms with Gasteiger partial charge in [0.2, 0.25) is 10.0 Å². The molecule has 7 heteroatoms. The van der Waals surface area contributed by atoms with Gasteiger partial charge in [-0.25, -0.2) is 8.42 Å². The van der Waals surface area contributed by atoms with Crippen LogP contribution in [0.3, 0.4) is 0 Å². The molecule has 0 saturated heterocycles. The molecule has 0 radical (unpaired) electrons. The molecule has 17 heavy (non-hydrogen) atoms. The quantitative estimate of drug-likeness (QED) is 0.868. The Bertz CT molecular complexity index is 489. The molecule has 1 atom stereocenters. The van der Waals surface area contributed by atoms with Gasteiger partial charge < -0.3 is 9.84 Å². The molecule has 1 aromatic carbocycles. The summed E-state index contributed by atoms with van der Waals surface area (Å²) < 4.78 is 31.1. The van der Waals surface area contributed by atoms with Gasteiger partial charge >= 0.3 is 0 Å². The van der Waals surface area contributed by atoms with Crippen LogP contribution in [0.4, 0.5) is 5.69 Å². The molecule has 1 rings (SSSR count). The smallest absolute Gasteiger partial charge is 0.235 e. The number of phenols is 1. The summed E-state index contributed by atoms with van der Waals surface area (Å²) in [6, 6.07) is 4.57. The van der Waals surface area contributed by atoms with E-state index in [2.05, 4.69) is 20.7 Å². The van der Waals surface area contributed by atoms with Crippen molar-refractivity contribution in [1.82, 2.24) is 0 Å². The number of halogens is 1. The lowest BCUT2D eigenvalue weighted by Crippen LogP contribution is -2.25. The second kappa shape index (κ2) is 5.70. The number of benzene rings is 1. The van der Waals surface area contributed by atoms with E-state index >= 15 is 0 Å². The van der Waals surface area contributed by atoms with Crippen molar-refractivity contribution in [3.8, 4) is 5.75 Å². The Morgan fingerprint density at radius 1 is 1.53 bits per heavy atom. The zero-order valence-electron chi connectivity index (χ0n) is 9.47. The van der Waals surface area contributed by atoms with Crippen molar-refractivity contribution in [3.63, 3.8) is 0 Å². The highest BCUT2D eigenvalue weighted by molar-refractivity contribution is 9.10. The van der Waals surface area contributed by atoms with Crippen LogP contribution in [0.5, 0.6) is 5.75 Å². The van der Waals surface area contributed by atoms with Gasteiger partial charge in [-0.2, -0.15) is 0 Å². The minimum Gasteiger partial charge on any atom is -0.507 e. The topological polar surface area (TPSA) is 75.6 Å². The number of anilines is 1. The van der Waals surface area contributed by atoms with Gasteiger partial charge in [-0.1, -0.05) is 6.07 Å². The number of phenolic OH excluding ortho intramolecular Hbond substituents is 1. The van der Waals surface area contributed by atoms with Gasteiger partial charge in [-0.15, -0.1) is 0 Å². The lowest BCUT2D eigenvalue weighted by molar-refractivity contribution is 0.136. The SMILES string of the molecule is CO[C@H](C)CS(=O)(=O)Nc1cccc(O)c1Br. The lowest BCUT2D eigenvalue weighted by atomic mass is 10.3. The average molecular weight is 324 g/mol. The van der Waals surface area contributed by atoms with Crippen molar-refractivity contribution < 1.29 is 18.3 Å². The Morgan fingerprint density at radius 3 is 2.76 bits per heavy atom.